The van der Waals surface area contributed by atoms with Gasteiger partial charge in [0.1, 0.15) is 24.7 Å². The number of benzene rings is 2. The third-order valence-electron chi connectivity index (χ3n) is 3.80. The zero-order valence-electron chi connectivity index (χ0n) is 14.9. The van der Waals surface area contributed by atoms with E-state index in [1.807, 2.05) is 0 Å². The number of methoxy groups -OCH3 is 2. The van der Waals surface area contributed by atoms with Crippen LogP contribution < -0.4 is 24.3 Å². The molecular formula is C19H19NO7. The number of fused-ring (bicyclic) bond motifs is 1. The fourth-order valence-electron chi connectivity index (χ4n) is 2.47. The Morgan fingerprint density at radius 1 is 1.00 bits per heavy atom. The van der Waals surface area contributed by atoms with Crippen molar-refractivity contribution in [3.05, 3.63) is 42.0 Å². The van der Waals surface area contributed by atoms with E-state index in [2.05, 4.69) is 5.32 Å². The van der Waals surface area contributed by atoms with E-state index < -0.39 is 18.5 Å². The van der Waals surface area contributed by atoms with Crippen molar-refractivity contribution in [2.24, 2.45) is 0 Å². The predicted molar refractivity (Wildman–Crippen MR) is 95.9 cm³/mol. The molecule has 0 radical (unpaired) electrons. The summed E-state index contributed by atoms with van der Waals surface area (Å²) in [4.78, 5) is 24.2. The number of hydrogen-bond donors (Lipinski definition) is 1. The molecule has 0 fully saturated rings. The van der Waals surface area contributed by atoms with Crippen molar-refractivity contribution in [3.8, 4) is 23.0 Å². The summed E-state index contributed by atoms with van der Waals surface area (Å²) in [6.07, 6.45) is 0. The molecule has 0 aliphatic carbocycles. The van der Waals surface area contributed by atoms with Gasteiger partial charge in [0.25, 0.3) is 5.91 Å². The SMILES string of the molecule is COc1ccc(NC(=O)COC(=O)c2ccc3c(c2)OCCO3)c(OC)c1. The second-order valence-electron chi connectivity index (χ2n) is 5.55. The van der Waals surface area contributed by atoms with Gasteiger partial charge in [-0.1, -0.05) is 0 Å². The van der Waals surface area contributed by atoms with Gasteiger partial charge in [0.2, 0.25) is 0 Å². The van der Waals surface area contributed by atoms with E-state index in [4.69, 9.17) is 23.7 Å². The van der Waals surface area contributed by atoms with E-state index in [1.165, 1.54) is 20.3 Å². The van der Waals surface area contributed by atoms with E-state index in [0.717, 1.165) is 0 Å². The maximum Gasteiger partial charge on any atom is 0.338 e. The lowest BCUT2D eigenvalue weighted by atomic mass is 10.2. The Morgan fingerprint density at radius 3 is 2.52 bits per heavy atom. The van der Waals surface area contributed by atoms with Crippen LogP contribution in [0.1, 0.15) is 10.4 Å². The fraction of sp³-hybridized carbons (Fsp3) is 0.263. The lowest BCUT2D eigenvalue weighted by molar-refractivity contribution is -0.119. The van der Waals surface area contributed by atoms with Gasteiger partial charge in [0.05, 0.1) is 25.5 Å². The highest BCUT2D eigenvalue weighted by Crippen LogP contribution is 2.31. The third kappa shape index (κ3) is 4.41. The van der Waals surface area contributed by atoms with Gasteiger partial charge in [0.15, 0.2) is 18.1 Å². The maximum atomic E-state index is 12.2. The first-order valence-corrected chi connectivity index (χ1v) is 8.19. The first-order valence-electron chi connectivity index (χ1n) is 8.19. The van der Waals surface area contributed by atoms with E-state index in [0.29, 0.717) is 41.9 Å². The lowest BCUT2D eigenvalue weighted by Gasteiger charge is -2.18. The predicted octanol–water partition coefficient (Wildman–Crippen LogP) is 2.27. The van der Waals surface area contributed by atoms with Crippen LogP contribution in [0.2, 0.25) is 0 Å². The maximum absolute atomic E-state index is 12.2. The zero-order chi connectivity index (χ0) is 19.2. The number of nitrogens with one attached hydrogen (secondary N) is 1. The van der Waals surface area contributed by atoms with Crippen LogP contribution in [0.25, 0.3) is 0 Å². The Labute approximate surface area is 155 Å². The number of ether oxygens (including phenoxy) is 5. The van der Waals surface area contributed by atoms with Gasteiger partial charge in [-0.05, 0) is 30.3 Å². The van der Waals surface area contributed by atoms with Gasteiger partial charge in [-0.15, -0.1) is 0 Å². The first-order chi connectivity index (χ1) is 13.1. The minimum atomic E-state index is -0.635. The van der Waals surface area contributed by atoms with Crippen LogP contribution in [0, 0.1) is 0 Å². The number of carbonyl (C=O) groups is 2. The molecule has 0 aromatic heterocycles. The summed E-state index contributed by atoms with van der Waals surface area (Å²) in [6, 6.07) is 9.67. The number of hydrogen-bond acceptors (Lipinski definition) is 7. The van der Waals surface area contributed by atoms with Crippen LogP contribution >= 0.6 is 0 Å². The van der Waals surface area contributed by atoms with E-state index in [1.54, 1.807) is 30.3 Å². The molecule has 0 spiro atoms. The van der Waals surface area contributed by atoms with Gasteiger partial charge in [0, 0.05) is 6.07 Å². The summed E-state index contributed by atoms with van der Waals surface area (Å²) < 4.78 is 26.2. The molecule has 2 aromatic carbocycles. The van der Waals surface area contributed by atoms with Crippen LogP contribution in [0.4, 0.5) is 5.69 Å². The molecule has 8 heteroatoms. The summed E-state index contributed by atoms with van der Waals surface area (Å²) in [5.41, 5.74) is 0.716. The number of amides is 1. The summed E-state index contributed by atoms with van der Waals surface area (Å²) in [5.74, 6) is 0.939. The Balaban J connectivity index is 1.58. The molecule has 0 atom stereocenters. The van der Waals surface area contributed by atoms with E-state index in [9.17, 15) is 9.59 Å². The molecule has 1 amide bonds. The summed E-state index contributed by atoms with van der Waals surface area (Å²) in [7, 11) is 3.01. The molecule has 2 aromatic rings. The second-order valence-corrected chi connectivity index (χ2v) is 5.55. The molecule has 27 heavy (non-hydrogen) atoms. The number of esters is 1. The van der Waals surface area contributed by atoms with Crippen LogP contribution in [-0.2, 0) is 9.53 Å². The smallest absolute Gasteiger partial charge is 0.338 e. The monoisotopic (exact) mass is 373 g/mol. The van der Waals surface area contributed by atoms with E-state index in [-0.39, 0.29) is 5.56 Å². The summed E-state index contributed by atoms with van der Waals surface area (Å²) in [6.45, 7) is 0.436. The Kier molecular flexibility index (Phi) is 5.65. The van der Waals surface area contributed by atoms with Crippen LogP contribution in [-0.4, -0.2) is 45.9 Å². The Hall–Kier alpha value is -3.42. The molecule has 1 N–H and O–H groups in total. The van der Waals surface area contributed by atoms with Crippen molar-refractivity contribution in [1.29, 1.82) is 0 Å². The van der Waals surface area contributed by atoms with Crippen molar-refractivity contribution < 1.29 is 33.3 Å². The van der Waals surface area contributed by atoms with Gasteiger partial charge in [-0.25, -0.2) is 4.79 Å². The van der Waals surface area contributed by atoms with Crippen molar-refractivity contribution >= 4 is 17.6 Å². The highest BCUT2D eigenvalue weighted by atomic mass is 16.6. The largest absolute Gasteiger partial charge is 0.497 e. The molecule has 8 nitrogen and oxygen atoms in total. The molecule has 1 heterocycles. The van der Waals surface area contributed by atoms with Crippen molar-refractivity contribution in [2.45, 2.75) is 0 Å². The number of anilines is 1. The highest BCUT2D eigenvalue weighted by Gasteiger charge is 2.17. The summed E-state index contributed by atoms with van der Waals surface area (Å²) in [5, 5.41) is 2.63. The molecule has 0 saturated heterocycles. The topological polar surface area (TPSA) is 92.3 Å². The van der Waals surface area contributed by atoms with Gasteiger partial charge >= 0.3 is 5.97 Å². The van der Waals surface area contributed by atoms with E-state index >= 15 is 0 Å². The molecule has 3 rings (SSSR count). The van der Waals surface area contributed by atoms with Gasteiger partial charge < -0.3 is 29.0 Å². The van der Waals surface area contributed by atoms with Gasteiger partial charge in [-0.2, -0.15) is 0 Å². The van der Waals surface area contributed by atoms with Crippen molar-refractivity contribution in [3.63, 3.8) is 0 Å². The van der Waals surface area contributed by atoms with Crippen LogP contribution in [0.15, 0.2) is 36.4 Å². The molecular weight excluding hydrogens is 354 g/mol. The standard InChI is InChI=1S/C19H19NO7/c1-23-13-4-5-14(16(10-13)24-2)20-18(21)11-27-19(22)12-3-6-15-17(9-12)26-8-7-25-15/h3-6,9-10H,7-8,11H2,1-2H3,(H,20,21). The van der Waals surface area contributed by atoms with Crippen LogP contribution in [0.5, 0.6) is 23.0 Å². The van der Waals surface area contributed by atoms with Crippen molar-refractivity contribution in [2.75, 3.05) is 39.4 Å². The molecule has 0 saturated carbocycles. The highest BCUT2D eigenvalue weighted by molar-refractivity contribution is 5.96. The Bertz CT molecular complexity index is 850. The molecule has 142 valence electrons. The zero-order valence-corrected chi connectivity index (χ0v) is 14.9. The molecule has 0 unspecified atom stereocenters. The molecule has 1 aliphatic heterocycles. The molecule has 1 aliphatic rings. The average molecular weight is 373 g/mol. The quantitative estimate of drug-likeness (QED) is 0.777. The number of carbonyl (C=O) groups excluding carboxylic acids is 2. The van der Waals surface area contributed by atoms with Gasteiger partial charge in [-0.3, -0.25) is 4.79 Å². The normalized spacial score (nSPS) is 12.1. The van der Waals surface area contributed by atoms with Crippen molar-refractivity contribution in [1.82, 2.24) is 0 Å². The minimum absolute atomic E-state index is 0.272. The molecule has 0 bridgehead atoms. The average Bonchev–Trinajstić information content (AvgIpc) is 2.71. The number of rotatable bonds is 6. The fourth-order valence-corrected chi connectivity index (χ4v) is 2.47. The lowest BCUT2D eigenvalue weighted by Crippen LogP contribution is -2.21. The third-order valence-corrected chi connectivity index (χ3v) is 3.80. The second kappa shape index (κ2) is 8.31. The summed E-state index contributed by atoms with van der Waals surface area (Å²) >= 11 is 0. The van der Waals surface area contributed by atoms with Crippen LogP contribution in [0.3, 0.4) is 0 Å². The minimum Gasteiger partial charge on any atom is -0.497 e. The first kappa shape index (κ1) is 18.4. The Morgan fingerprint density at radius 2 is 1.78 bits per heavy atom.